The molecule has 0 spiro atoms. The topological polar surface area (TPSA) is 70.4 Å². The molecule has 0 unspecified atom stereocenters. The van der Waals surface area contributed by atoms with Gasteiger partial charge in [0, 0.05) is 19.2 Å². The van der Waals surface area contributed by atoms with Crippen molar-refractivity contribution in [3.63, 3.8) is 0 Å². The lowest BCUT2D eigenvalue weighted by molar-refractivity contribution is -0.124. The van der Waals surface area contributed by atoms with Gasteiger partial charge in [-0.3, -0.25) is 10.0 Å². The van der Waals surface area contributed by atoms with E-state index in [9.17, 15) is 4.79 Å². The Labute approximate surface area is 142 Å². The van der Waals surface area contributed by atoms with Gasteiger partial charge in [-0.05, 0) is 49.7 Å². The number of imidazole rings is 1. The number of fused-ring (bicyclic) bond motifs is 1. The second-order valence-corrected chi connectivity index (χ2v) is 5.84. The van der Waals surface area contributed by atoms with E-state index in [2.05, 4.69) is 28.3 Å². The fourth-order valence-corrected chi connectivity index (χ4v) is 2.79. The zero-order chi connectivity index (χ0) is 17.4. The van der Waals surface area contributed by atoms with E-state index in [1.165, 1.54) is 18.9 Å². The van der Waals surface area contributed by atoms with Crippen molar-refractivity contribution in [2.24, 2.45) is 0 Å². The van der Waals surface area contributed by atoms with Crippen LogP contribution in [0.1, 0.15) is 32.3 Å². The Morgan fingerprint density at radius 2 is 2.04 bits per heavy atom. The summed E-state index contributed by atoms with van der Waals surface area (Å²) >= 11 is 0. The molecule has 1 aromatic heterocycles. The van der Waals surface area contributed by atoms with E-state index >= 15 is 0 Å². The minimum Gasteiger partial charge on any atom is -0.329 e. The standard InChI is InChI=1S/C18H26N4O2/c1-3-9-21(10-4-2)11-12-22-14-19-16-13-15(5-7-17(16)22)6-8-18(23)20-24/h5-8,13-14,24H,3-4,9-12H2,1-2H3,(H,20,23). The maximum atomic E-state index is 11.0. The number of nitrogens with zero attached hydrogens (tertiary/aromatic N) is 3. The van der Waals surface area contributed by atoms with Crippen molar-refractivity contribution in [1.29, 1.82) is 0 Å². The van der Waals surface area contributed by atoms with Crippen LogP contribution in [0.2, 0.25) is 0 Å². The van der Waals surface area contributed by atoms with E-state index in [1.54, 1.807) is 11.6 Å². The van der Waals surface area contributed by atoms with E-state index < -0.39 is 5.91 Å². The molecule has 1 amide bonds. The Hall–Kier alpha value is -2.18. The zero-order valence-electron chi connectivity index (χ0n) is 14.4. The monoisotopic (exact) mass is 330 g/mol. The van der Waals surface area contributed by atoms with E-state index in [0.29, 0.717) is 0 Å². The number of amides is 1. The summed E-state index contributed by atoms with van der Waals surface area (Å²) in [4.78, 5) is 18.0. The highest BCUT2D eigenvalue weighted by molar-refractivity contribution is 5.91. The highest BCUT2D eigenvalue weighted by Crippen LogP contribution is 2.16. The van der Waals surface area contributed by atoms with Gasteiger partial charge in [-0.25, -0.2) is 10.5 Å². The Balaban J connectivity index is 2.07. The van der Waals surface area contributed by atoms with Gasteiger partial charge in [0.1, 0.15) is 0 Å². The van der Waals surface area contributed by atoms with Gasteiger partial charge >= 0.3 is 0 Å². The predicted molar refractivity (Wildman–Crippen MR) is 95.7 cm³/mol. The molecule has 24 heavy (non-hydrogen) atoms. The molecule has 1 aromatic carbocycles. The lowest BCUT2D eigenvalue weighted by atomic mass is 10.2. The Kier molecular flexibility index (Phi) is 6.96. The molecule has 130 valence electrons. The molecule has 2 aromatic rings. The molecule has 0 aliphatic rings. The summed E-state index contributed by atoms with van der Waals surface area (Å²) in [5.74, 6) is -0.549. The summed E-state index contributed by atoms with van der Waals surface area (Å²) in [7, 11) is 0. The van der Waals surface area contributed by atoms with Crippen molar-refractivity contribution in [3.05, 3.63) is 36.2 Å². The number of hydrogen-bond acceptors (Lipinski definition) is 4. The van der Waals surface area contributed by atoms with Crippen molar-refractivity contribution >= 4 is 23.0 Å². The molecule has 0 radical (unpaired) electrons. The first kappa shape index (κ1) is 18.2. The van der Waals surface area contributed by atoms with Crippen LogP contribution in [0.5, 0.6) is 0 Å². The average molecular weight is 330 g/mol. The largest absolute Gasteiger partial charge is 0.329 e. The number of hydroxylamine groups is 1. The summed E-state index contributed by atoms with van der Waals surface area (Å²) < 4.78 is 2.17. The fourth-order valence-electron chi connectivity index (χ4n) is 2.79. The van der Waals surface area contributed by atoms with Crippen molar-refractivity contribution < 1.29 is 10.0 Å². The highest BCUT2D eigenvalue weighted by atomic mass is 16.5. The summed E-state index contributed by atoms with van der Waals surface area (Å²) in [6, 6.07) is 5.89. The third-order valence-electron chi connectivity index (χ3n) is 3.92. The van der Waals surface area contributed by atoms with Crippen LogP contribution in [0.25, 0.3) is 17.1 Å². The third kappa shape index (κ3) is 4.91. The van der Waals surface area contributed by atoms with E-state index in [-0.39, 0.29) is 0 Å². The maximum absolute atomic E-state index is 11.0. The molecular formula is C18H26N4O2. The number of aromatic nitrogens is 2. The summed E-state index contributed by atoms with van der Waals surface area (Å²) in [6.07, 6.45) is 7.14. The molecule has 0 saturated heterocycles. The van der Waals surface area contributed by atoms with Gasteiger partial charge in [0.05, 0.1) is 17.4 Å². The Morgan fingerprint density at radius 3 is 2.71 bits per heavy atom. The Morgan fingerprint density at radius 1 is 1.29 bits per heavy atom. The molecular weight excluding hydrogens is 304 g/mol. The maximum Gasteiger partial charge on any atom is 0.267 e. The van der Waals surface area contributed by atoms with Crippen LogP contribution in [-0.4, -0.2) is 45.2 Å². The van der Waals surface area contributed by atoms with Crippen molar-refractivity contribution in [2.45, 2.75) is 33.2 Å². The molecule has 0 aliphatic heterocycles. The number of rotatable bonds is 9. The molecule has 0 bridgehead atoms. The summed E-state index contributed by atoms with van der Waals surface area (Å²) in [5, 5.41) is 8.50. The third-order valence-corrected chi connectivity index (χ3v) is 3.92. The first-order valence-electron chi connectivity index (χ1n) is 8.47. The molecule has 6 heteroatoms. The van der Waals surface area contributed by atoms with Gasteiger partial charge in [-0.2, -0.15) is 0 Å². The van der Waals surface area contributed by atoms with E-state index in [1.807, 2.05) is 24.5 Å². The minimum absolute atomic E-state index is 0.549. The van der Waals surface area contributed by atoms with Crippen LogP contribution in [0, 0.1) is 0 Å². The van der Waals surface area contributed by atoms with Crippen LogP contribution >= 0.6 is 0 Å². The predicted octanol–water partition coefficient (Wildman–Crippen LogP) is 2.68. The van der Waals surface area contributed by atoms with E-state index in [0.717, 1.165) is 42.8 Å². The van der Waals surface area contributed by atoms with Gasteiger partial charge in [0.15, 0.2) is 0 Å². The van der Waals surface area contributed by atoms with E-state index in [4.69, 9.17) is 5.21 Å². The van der Waals surface area contributed by atoms with Crippen LogP contribution in [0.3, 0.4) is 0 Å². The first-order chi connectivity index (χ1) is 11.7. The van der Waals surface area contributed by atoms with Gasteiger partial charge in [0.2, 0.25) is 0 Å². The zero-order valence-corrected chi connectivity index (χ0v) is 14.4. The molecule has 6 nitrogen and oxygen atoms in total. The van der Waals surface area contributed by atoms with Crippen molar-refractivity contribution in [2.75, 3.05) is 19.6 Å². The number of carbonyl (C=O) groups is 1. The molecule has 0 saturated carbocycles. The van der Waals surface area contributed by atoms with Gasteiger partial charge in [-0.15, -0.1) is 0 Å². The van der Waals surface area contributed by atoms with Gasteiger partial charge in [-0.1, -0.05) is 19.9 Å². The number of nitrogens with one attached hydrogen (secondary N) is 1. The number of hydrogen-bond donors (Lipinski definition) is 2. The molecule has 0 atom stereocenters. The van der Waals surface area contributed by atoms with Crippen LogP contribution < -0.4 is 5.48 Å². The number of carbonyl (C=O) groups excluding carboxylic acids is 1. The normalized spacial score (nSPS) is 11.7. The second kappa shape index (κ2) is 9.20. The van der Waals surface area contributed by atoms with Crippen molar-refractivity contribution in [1.82, 2.24) is 19.9 Å². The molecule has 0 fully saturated rings. The smallest absolute Gasteiger partial charge is 0.267 e. The summed E-state index contributed by atoms with van der Waals surface area (Å²) in [5.41, 5.74) is 4.44. The molecule has 0 aliphatic carbocycles. The quantitative estimate of drug-likeness (QED) is 0.421. The number of benzene rings is 1. The molecule has 2 N–H and O–H groups in total. The fraction of sp³-hybridized carbons (Fsp3) is 0.444. The SMILES string of the molecule is CCCN(CCC)CCn1cnc2cc(C=CC(=O)NO)ccc21. The van der Waals surface area contributed by atoms with Crippen LogP contribution in [0.15, 0.2) is 30.6 Å². The van der Waals surface area contributed by atoms with Crippen molar-refractivity contribution in [3.8, 4) is 0 Å². The summed E-state index contributed by atoms with van der Waals surface area (Å²) in [6.45, 7) is 8.61. The lowest BCUT2D eigenvalue weighted by Crippen LogP contribution is -2.29. The van der Waals surface area contributed by atoms with Crippen LogP contribution in [0.4, 0.5) is 0 Å². The average Bonchev–Trinajstić information content (AvgIpc) is 3.00. The highest BCUT2D eigenvalue weighted by Gasteiger charge is 2.06. The lowest BCUT2D eigenvalue weighted by Gasteiger charge is -2.21. The van der Waals surface area contributed by atoms with Crippen LogP contribution in [-0.2, 0) is 11.3 Å². The van der Waals surface area contributed by atoms with Gasteiger partial charge < -0.3 is 9.47 Å². The molecule has 2 rings (SSSR count). The minimum atomic E-state index is -0.549. The Bertz CT molecular complexity index is 687. The first-order valence-corrected chi connectivity index (χ1v) is 8.47. The van der Waals surface area contributed by atoms with Gasteiger partial charge in [0.25, 0.3) is 5.91 Å². The second-order valence-electron chi connectivity index (χ2n) is 5.84. The molecule has 1 heterocycles.